The van der Waals surface area contributed by atoms with Gasteiger partial charge in [-0.25, -0.2) is 5.43 Å². The molecule has 0 aliphatic carbocycles. The summed E-state index contributed by atoms with van der Waals surface area (Å²) in [5.41, 5.74) is 4.00. The van der Waals surface area contributed by atoms with Crippen molar-refractivity contribution in [2.24, 2.45) is 5.10 Å². The van der Waals surface area contributed by atoms with Gasteiger partial charge in [-0.15, -0.1) is 0 Å². The van der Waals surface area contributed by atoms with Gasteiger partial charge in [0.2, 0.25) is 0 Å². The van der Waals surface area contributed by atoms with Crippen molar-refractivity contribution in [1.82, 2.24) is 5.43 Å². The zero-order chi connectivity index (χ0) is 19.9. The van der Waals surface area contributed by atoms with Gasteiger partial charge in [-0.3, -0.25) is 4.79 Å². The number of hydrogen-bond acceptors (Lipinski definition) is 5. The molecule has 3 aromatic rings. The summed E-state index contributed by atoms with van der Waals surface area (Å²) in [6.45, 7) is 0.0891. The van der Waals surface area contributed by atoms with E-state index in [1.807, 2.05) is 42.5 Å². The van der Waals surface area contributed by atoms with Crippen LogP contribution < -0.4 is 20.2 Å². The number of nitrogens with one attached hydrogen (secondary N) is 2. The number of carbonyl (C=O) groups is 1. The lowest BCUT2D eigenvalue weighted by Gasteiger charge is -2.10. The zero-order valence-corrected chi connectivity index (χ0v) is 16.3. The number of fused-ring (bicyclic) bond motifs is 1. The first-order chi connectivity index (χ1) is 13.6. The van der Waals surface area contributed by atoms with Gasteiger partial charge in [0.05, 0.1) is 32.0 Å². The van der Waals surface area contributed by atoms with E-state index in [9.17, 15) is 4.79 Å². The van der Waals surface area contributed by atoms with E-state index < -0.39 is 0 Å². The molecule has 28 heavy (non-hydrogen) atoms. The van der Waals surface area contributed by atoms with Crippen LogP contribution >= 0.6 is 11.6 Å². The van der Waals surface area contributed by atoms with E-state index >= 15 is 0 Å². The van der Waals surface area contributed by atoms with Gasteiger partial charge >= 0.3 is 0 Å². The highest BCUT2D eigenvalue weighted by Gasteiger charge is 2.09. The second kappa shape index (κ2) is 9.10. The lowest BCUT2D eigenvalue weighted by atomic mass is 10.1. The summed E-state index contributed by atoms with van der Waals surface area (Å²) in [4.78, 5) is 12.1. The summed E-state index contributed by atoms with van der Waals surface area (Å²) in [6.07, 6.45) is 1.47. The Kier molecular flexibility index (Phi) is 6.34. The average molecular weight is 398 g/mol. The molecule has 6 nitrogen and oxygen atoms in total. The maximum Gasteiger partial charge on any atom is 0.259 e. The van der Waals surface area contributed by atoms with E-state index in [-0.39, 0.29) is 12.5 Å². The number of carbonyl (C=O) groups excluding carboxylic acids is 1. The van der Waals surface area contributed by atoms with E-state index in [0.29, 0.717) is 22.1 Å². The van der Waals surface area contributed by atoms with Crippen LogP contribution in [0.4, 0.5) is 5.69 Å². The molecule has 0 saturated carbocycles. The van der Waals surface area contributed by atoms with Gasteiger partial charge in [0.15, 0.2) is 0 Å². The topological polar surface area (TPSA) is 72.0 Å². The van der Waals surface area contributed by atoms with Crippen molar-refractivity contribution < 1.29 is 14.3 Å². The summed E-state index contributed by atoms with van der Waals surface area (Å²) >= 11 is 6.13. The first-order valence-electron chi connectivity index (χ1n) is 8.57. The SMILES string of the molecule is COc1cc(OC)c(/C=N\NC(=O)CNc2cccc3ccccc23)cc1Cl. The van der Waals surface area contributed by atoms with Crippen LogP contribution in [0.2, 0.25) is 5.02 Å². The number of methoxy groups -OCH3 is 2. The van der Waals surface area contributed by atoms with Crippen LogP contribution in [0.1, 0.15) is 5.56 Å². The summed E-state index contributed by atoms with van der Waals surface area (Å²) in [5.74, 6) is 0.759. The van der Waals surface area contributed by atoms with E-state index in [1.54, 1.807) is 12.1 Å². The molecule has 3 aromatic carbocycles. The molecule has 7 heteroatoms. The number of ether oxygens (including phenoxy) is 2. The molecule has 2 N–H and O–H groups in total. The maximum atomic E-state index is 12.1. The lowest BCUT2D eigenvalue weighted by molar-refractivity contribution is -0.119. The zero-order valence-electron chi connectivity index (χ0n) is 15.5. The summed E-state index contributed by atoms with van der Waals surface area (Å²) in [7, 11) is 3.06. The molecule has 0 spiro atoms. The molecule has 0 atom stereocenters. The second-order valence-electron chi connectivity index (χ2n) is 5.90. The average Bonchev–Trinajstić information content (AvgIpc) is 2.72. The molecule has 3 rings (SSSR count). The fourth-order valence-electron chi connectivity index (χ4n) is 2.75. The molecule has 0 unspecified atom stereocenters. The van der Waals surface area contributed by atoms with E-state index in [2.05, 4.69) is 15.8 Å². The molecule has 0 bridgehead atoms. The third kappa shape index (κ3) is 4.53. The minimum Gasteiger partial charge on any atom is -0.496 e. The highest BCUT2D eigenvalue weighted by molar-refractivity contribution is 6.32. The Bertz CT molecular complexity index is 1020. The quantitative estimate of drug-likeness (QED) is 0.465. The molecule has 0 saturated heterocycles. The number of benzene rings is 3. The molecule has 144 valence electrons. The molecule has 1 amide bonds. The van der Waals surface area contributed by atoms with Crippen LogP contribution in [0, 0.1) is 0 Å². The summed E-state index contributed by atoms with van der Waals surface area (Å²) < 4.78 is 10.4. The Balaban J connectivity index is 1.62. The van der Waals surface area contributed by atoms with Gasteiger partial charge in [0.1, 0.15) is 11.5 Å². The van der Waals surface area contributed by atoms with Crippen molar-refractivity contribution in [3.63, 3.8) is 0 Å². The van der Waals surface area contributed by atoms with E-state index in [1.165, 1.54) is 20.4 Å². The number of anilines is 1. The van der Waals surface area contributed by atoms with Gasteiger partial charge in [-0.05, 0) is 17.5 Å². The van der Waals surface area contributed by atoms with Crippen LogP contribution in [0.25, 0.3) is 10.8 Å². The Morgan fingerprint density at radius 1 is 1.07 bits per heavy atom. The Morgan fingerprint density at radius 2 is 1.82 bits per heavy atom. The Hall–Kier alpha value is -3.25. The van der Waals surface area contributed by atoms with Gasteiger partial charge in [-0.2, -0.15) is 5.10 Å². The fraction of sp³-hybridized carbons (Fsp3) is 0.143. The highest BCUT2D eigenvalue weighted by atomic mass is 35.5. The van der Waals surface area contributed by atoms with Crippen molar-refractivity contribution in [1.29, 1.82) is 0 Å². The van der Waals surface area contributed by atoms with Gasteiger partial charge in [0.25, 0.3) is 5.91 Å². The highest BCUT2D eigenvalue weighted by Crippen LogP contribution is 2.31. The van der Waals surface area contributed by atoms with Gasteiger partial charge in [0, 0.05) is 22.7 Å². The van der Waals surface area contributed by atoms with Crippen molar-refractivity contribution in [3.05, 3.63) is 65.2 Å². The Labute approximate surface area is 168 Å². The van der Waals surface area contributed by atoms with Crippen molar-refractivity contribution >= 4 is 40.2 Å². The maximum absolute atomic E-state index is 12.1. The monoisotopic (exact) mass is 397 g/mol. The largest absolute Gasteiger partial charge is 0.496 e. The minimum atomic E-state index is -0.275. The normalized spacial score (nSPS) is 10.8. The number of hydrogen-bond donors (Lipinski definition) is 2. The van der Waals surface area contributed by atoms with E-state index in [4.69, 9.17) is 21.1 Å². The molecule has 0 heterocycles. The Morgan fingerprint density at radius 3 is 2.61 bits per heavy atom. The predicted octanol–water partition coefficient (Wildman–Crippen LogP) is 4.07. The first-order valence-corrected chi connectivity index (χ1v) is 8.95. The number of amides is 1. The molecule has 0 aliphatic rings. The molecule has 0 fully saturated rings. The van der Waals surface area contributed by atoms with Crippen molar-refractivity contribution in [3.8, 4) is 11.5 Å². The number of halogens is 1. The standard InChI is InChI=1S/C21H20ClN3O3/c1-27-19-11-20(28-2)17(22)10-15(19)12-24-25-21(26)13-23-18-9-5-7-14-6-3-4-8-16(14)18/h3-12,23H,13H2,1-2H3,(H,25,26)/b24-12-. The van der Waals surface area contributed by atoms with Gasteiger partial charge < -0.3 is 14.8 Å². The third-order valence-electron chi connectivity index (χ3n) is 4.13. The number of rotatable bonds is 7. The minimum absolute atomic E-state index is 0.0891. The van der Waals surface area contributed by atoms with Gasteiger partial charge in [-0.1, -0.05) is 48.0 Å². The number of hydrazone groups is 1. The number of nitrogens with zero attached hydrogens (tertiary/aromatic N) is 1. The van der Waals surface area contributed by atoms with Crippen LogP contribution in [-0.2, 0) is 4.79 Å². The summed E-state index contributed by atoms with van der Waals surface area (Å²) in [5, 5.41) is 9.70. The third-order valence-corrected chi connectivity index (χ3v) is 4.42. The second-order valence-corrected chi connectivity index (χ2v) is 6.31. The van der Waals surface area contributed by atoms with Crippen molar-refractivity contribution in [2.75, 3.05) is 26.1 Å². The van der Waals surface area contributed by atoms with Crippen LogP contribution in [-0.4, -0.2) is 32.9 Å². The van der Waals surface area contributed by atoms with Crippen LogP contribution in [0.15, 0.2) is 59.7 Å². The molecule has 0 aliphatic heterocycles. The van der Waals surface area contributed by atoms with Crippen LogP contribution in [0.5, 0.6) is 11.5 Å². The molecular weight excluding hydrogens is 378 g/mol. The molecular formula is C21H20ClN3O3. The van der Waals surface area contributed by atoms with Crippen LogP contribution in [0.3, 0.4) is 0 Å². The fourth-order valence-corrected chi connectivity index (χ4v) is 3.00. The summed E-state index contributed by atoms with van der Waals surface area (Å²) in [6, 6.07) is 17.2. The molecule has 0 aromatic heterocycles. The van der Waals surface area contributed by atoms with Crippen molar-refractivity contribution in [2.45, 2.75) is 0 Å². The lowest BCUT2D eigenvalue weighted by Crippen LogP contribution is -2.25. The van der Waals surface area contributed by atoms with E-state index in [0.717, 1.165) is 16.5 Å². The predicted molar refractivity (Wildman–Crippen MR) is 113 cm³/mol. The first kappa shape index (κ1) is 19.5. The molecule has 0 radical (unpaired) electrons. The smallest absolute Gasteiger partial charge is 0.259 e.